The van der Waals surface area contributed by atoms with Crippen LogP contribution in [0.3, 0.4) is 0 Å². The van der Waals surface area contributed by atoms with Gasteiger partial charge in [0.05, 0.1) is 22.7 Å². The third kappa shape index (κ3) is 3.20. The van der Waals surface area contributed by atoms with Gasteiger partial charge in [-0.15, -0.1) is 0 Å². The first kappa shape index (κ1) is 18.6. The number of rotatable bonds is 3. The number of nitrogens with zero attached hydrogens (tertiary/aromatic N) is 3. The van der Waals surface area contributed by atoms with E-state index in [0.29, 0.717) is 6.54 Å². The molecule has 1 aliphatic carbocycles. The molecule has 1 N–H and O–H groups in total. The molecule has 1 saturated heterocycles. The molecule has 156 valence electrons. The largest absolute Gasteiger partial charge is 0.391 e. The fourth-order valence-electron chi connectivity index (χ4n) is 5.08. The molecular formula is C26H25N3O2. The first-order valence-electron chi connectivity index (χ1n) is 11.1. The van der Waals surface area contributed by atoms with Crippen LogP contribution in [0.25, 0.3) is 21.7 Å². The highest BCUT2D eigenvalue weighted by atomic mass is 16.3. The molecule has 0 amide bonds. The standard InChI is InChI=1S/C26H25N3O2/c30-19-7-4-13-28(16-19)23-9-3-6-18-12-14-29(26(31)25(18)23)24-15-20(24)22-11-10-17-5-1-2-8-21(17)27-22/h1-3,5-6,8-12,14,19-20,24,30H,4,7,13,15-16H2/t19-,20+,24+/m0/s1. The average Bonchev–Trinajstić information content (AvgIpc) is 3.59. The van der Waals surface area contributed by atoms with Gasteiger partial charge in [0.25, 0.3) is 5.56 Å². The van der Waals surface area contributed by atoms with E-state index in [0.717, 1.165) is 58.9 Å². The Kier molecular flexibility index (Phi) is 4.32. The summed E-state index contributed by atoms with van der Waals surface area (Å²) in [6, 6.07) is 20.6. The monoisotopic (exact) mass is 411 g/mol. The van der Waals surface area contributed by atoms with E-state index in [1.165, 1.54) is 0 Å². The van der Waals surface area contributed by atoms with Crippen molar-refractivity contribution >= 4 is 27.4 Å². The Morgan fingerprint density at radius 2 is 1.84 bits per heavy atom. The number of piperidine rings is 1. The van der Waals surface area contributed by atoms with Crippen LogP contribution in [-0.2, 0) is 0 Å². The second-order valence-corrected chi connectivity index (χ2v) is 8.85. The third-order valence-corrected chi connectivity index (χ3v) is 6.79. The summed E-state index contributed by atoms with van der Waals surface area (Å²) < 4.78 is 1.90. The van der Waals surface area contributed by atoms with Gasteiger partial charge in [-0.05, 0) is 48.9 Å². The Morgan fingerprint density at radius 3 is 2.74 bits per heavy atom. The highest BCUT2D eigenvalue weighted by Crippen LogP contribution is 2.50. The van der Waals surface area contributed by atoms with E-state index in [9.17, 15) is 9.90 Å². The van der Waals surface area contributed by atoms with Crippen molar-refractivity contribution < 1.29 is 5.11 Å². The number of para-hydroxylation sites is 1. The van der Waals surface area contributed by atoms with E-state index < -0.39 is 0 Å². The molecule has 31 heavy (non-hydrogen) atoms. The van der Waals surface area contributed by atoms with Crippen LogP contribution in [0.2, 0.25) is 0 Å². The number of aliphatic hydroxyl groups excluding tert-OH is 1. The maximum absolute atomic E-state index is 13.6. The van der Waals surface area contributed by atoms with Gasteiger partial charge in [-0.3, -0.25) is 9.78 Å². The summed E-state index contributed by atoms with van der Waals surface area (Å²) in [5, 5.41) is 13.0. The summed E-state index contributed by atoms with van der Waals surface area (Å²) in [7, 11) is 0. The first-order chi connectivity index (χ1) is 15.2. The lowest BCUT2D eigenvalue weighted by molar-refractivity contribution is 0.154. The van der Waals surface area contributed by atoms with E-state index >= 15 is 0 Å². The van der Waals surface area contributed by atoms with E-state index in [1.54, 1.807) is 0 Å². The molecule has 4 aromatic rings. The number of hydrogen-bond donors (Lipinski definition) is 1. The first-order valence-corrected chi connectivity index (χ1v) is 11.1. The van der Waals surface area contributed by atoms with Gasteiger partial charge in [0.15, 0.2) is 0 Å². The molecule has 1 aliphatic heterocycles. The molecule has 1 saturated carbocycles. The van der Waals surface area contributed by atoms with E-state index in [2.05, 4.69) is 23.1 Å². The zero-order chi connectivity index (χ0) is 20.9. The Morgan fingerprint density at radius 1 is 0.968 bits per heavy atom. The maximum Gasteiger partial charge on any atom is 0.260 e. The molecule has 0 unspecified atom stereocenters. The number of aromatic nitrogens is 2. The molecule has 2 aliphatic rings. The van der Waals surface area contributed by atoms with Gasteiger partial charge < -0.3 is 14.6 Å². The number of fused-ring (bicyclic) bond motifs is 2. The predicted molar refractivity (Wildman–Crippen MR) is 124 cm³/mol. The number of β-amino-alcohol motifs (C(OH)–C–C–N with tert-alkyl or cyclic N) is 1. The molecule has 2 aromatic carbocycles. The van der Waals surface area contributed by atoms with Crippen molar-refractivity contribution in [2.24, 2.45) is 0 Å². The normalized spacial score (nSPS) is 23.4. The van der Waals surface area contributed by atoms with Gasteiger partial charge in [-0.1, -0.05) is 36.4 Å². The van der Waals surface area contributed by atoms with Crippen LogP contribution in [-0.4, -0.2) is 33.9 Å². The summed E-state index contributed by atoms with van der Waals surface area (Å²) in [6.07, 6.45) is 4.30. The fraction of sp³-hybridized carbons (Fsp3) is 0.308. The summed E-state index contributed by atoms with van der Waals surface area (Å²) in [5.41, 5.74) is 3.06. The number of aliphatic hydroxyl groups is 1. The minimum absolute atomic E-state index is 0.0569. The van der Waals surface area contributed by atoms with Gasteiger partial charge in [0.1, 0.15) is 0 Å². The second-order valence-electron chi connectivity index (χ2n) is 8.85. The SMILES string of the molecule is O=c1c2c(N3CCC[C@H](O)C3)cccc2ccn1[C@@H]1C[C@@H]1c1ccc2ccccc2n1. The summed E-state index contributed by atoms with van der Waals surface area (Å²) >= 11 is 0. The van der Waals surface area contributed by atoms with Crippen molar-refractivity contribution in [1.82, 2.24) is 9.55 Å². The minimum atomic E-state index is -0.332. The lowest BCUT2D eigenvalue weighted by atomic mass is 10.0. The lowest BCUT2D eigenvalue weighted by Crippen LogP contribution is -2.39. The lowest BCUT2D eigenvalue weighted by Gasteiger charge is -2.32. The van der Waals surface area contributed by atoms with Gasteiger partial charge in [-0.2, -0.15) is 0 Å². The smallest absolute Gasteiger partial charge is 0.260 e. The van der Waals surface area contributed by atoms with Crippen LogP contribution in [0.4, 0.5) is 5.69 Å². The second kappa shape index (κ2) is 7.20. The zero-order valence-corrected chi connectivity index (χ0v) is 17.3. The molecule has 5 nitrogen and oxygen atoms in total. The van der Waals surface area contributed by atoms with Gasteiger partial charge >= 0.3 is 0 Å². The summed E-state index contributed by atoms with van der Waals surface area (Å²) in [4.78, 5) is 20.6. The quantitative estimate of drug-likeness (QED) is 0.548. The summed E-state index contributed by atoms with van der Waals surface area (Å²) in [6.45, 7) is 1.46. The molecule has 2 fully saturated rings. The minimum Gasteiger partial charge on any atom is -0.391 e. The maximum atomic E-state index is 13.6. The van der Waals surface area contributed by atoms with Crippen molar-refractivity contribution in [2.75, 3.05) is 18.0 Å². The number of hydrogen-bond acceptors (Lipinski definition) is 4. The van der Waals surface area contributed by atoms with Crippen LogP contribution in [0.1, 0.15) is 36.9 Å². The average molecular weight is 412 g/mol. The number of anilines is 1. The molecule has 0 spiro atoms. The van der Waals surface area contributed by atoms with E-state index in [-0.39, 0.29) is 23.6 Å². The molecule has 3 atom stereocenters. The van der Waals surface area contributed by atoms with Crippen molar-refractivity contribution in [3.63, 3.8) is 0 Å². The molecule has 3 heterocycles. The topological polar surface area (TPSA) is 58.4 Å². The Hall–Kier alpha value is -3.18. The molecule has 6 rings (SSSR count). The van der Waals surface area contributed by atoms with Gasteiger partial charge in [-0.25, -0.2) is 0 Å². The van der Waals surface area contributed by atoms with Crippen LogP contribution >= 0.6 is 0 Å². The number of benzene rings is 2. The van der Waals surface area contributed by atoms with E-state index in [1.807, 2.05) is 53.2 Å². The molecular weight excluding hydrogens is 386 g/mol. The van der Waals surface area contributed by atoms with E-state index in [4.69, 9.17) is 4.98 Å². The van der Waals surface area contributed by atoms with Crippen molar-refractivity contribution in [2.45, 2.75) is 37.3 Å². The third-order valence-electron chi connectivity index (χ3n) is 6.79. The van der Waals surface area contributed by atoms with Gasteiger partial charge in [0, 0.05) is 42.3 Å². The Labute approximate surface area is 180 Å². The van der Waals surface area contributed by atoms with Gasteiger partial charge in [0.2, 0.25) is 0 Å². The molecule has 5 heteroatoms. The van der Waals surface area contributed by atoms with Crippen LogP contribution in [0, 0.1) is 0 Å². The van der Waals surface area contributed by atoms with Crippen molar-refractivity contribution in [3.8, 4) is 0 Å². The van der Waals surface area contributed by atoms with Crippen LogP contribution in [0.15, 0.2) is 71.7 Å². The highest BCUT2D eigenvalue weighted by molar-refractivity contribution is 5.93. The Bertz CT molecular complexity index is 1350. The Balaban J connectivity index is 1.38. The molecule has 0 bridgehead atoms. The molecule has 0 radical (unpaired) electrons. The zero-order valence-electron chi connectivity index (χ0n) is 17.3. The van der Waals surface area contributed by atoms with Crippen LogP contribution in [0.5, 0.6) is 0 Å². The van der Waals surface area contributed by atoms with Crippen LogP contribution < -0.4 is 10.5 Å². The number of pyridine rings is 2. The highest BCUT2D eigenvalue weighted by Gasteiger charge is 2.41. The van der Waals surface area contributed by atoms with Crippen molar-refractivity contribution in [1.29, 1.82) is 0 Å². The van der Waals surface area contributed by atoms with Crippen molar-refractivity contribution in [3.05, 3.63) is 82.9 Å². The molecule has 2 aromatic heterocycles. The summed E-state index contributed by atoms with van der Waals surface area (Å²) in [5.74, 6) is 0.267. The fourth-order valence-corrected chi connectivity index (χ4v) is 5.08. The predicted octanol–water partition coefficient (Wildman–Crippen LogP) is 4.24.